The van der Waals surface area contributed by atoms with Crippen molar-refractivity contribution in [3.8, 4) is 11.5 Å². The van der Waals surface area contributed by atoms with E-state index in [0.29, 0.717) is 69.5 Å². The summed E-state index contributed by atoms with van der Waals surface area (Å²) >= 11 is 3.50. The van der Waals surface area contributed by atoms with Crippen LogP contribution < -0.4 is 9.47 Å². The summed E-state index contributed by atoms with van der Waals surface area (Å²) in [5, 5.41) is 0. The zero-order valence-corrected chi connectivity index (χ0v) is 44.6. The summed E-state index contributed by atoms with van der Waals surface area (Å²) < 4.78 is 34.1. The number of unbranched alkanes of at least 4 members (excludes halogenated alkanes) is 1. The number of nitrogens with zero attached hydrogens (tertiary/aromatic N) is 4. The molecule has 0 unspecified atom stereocenters. The van der Waals surface area contributed by atoms with Crippen LogP contribution in [-0.2, 0) is 25.4 Å². The predicted octanol–water partition coefficient (Wildman–Crippen LogP) is 11.4. The Balaban J connectivity index is 0.000000462. The highest BCUT2D eigenvalue weighted by Gasteiger charge is 2.36. The maximum Gasteiger partial charge on any atom is 0.410 e. The summed E-state index contributed by atoms with van der Waals surface area (Å²) in [5.41, 5.74) is 1.23. The Morgan fingerprint density at radius 3 is 1.50 bits per heavy atom. The van der Waals surface area contributed by atoms with Crippen molar-refractivity contribution in [2.45, 2.75) is 177 Å². The minimum Gasteiger partial charge on any atom is -0.493 e. The average Bonchev–Trinajstić information content (AvgIpc) is 3.25. The third-order valence-corrected chi connectivity index (χ3v) is 11.9. The van der Waals surface area contributed by atoms with E-state index in [1.54, 1.807) is 36.2 Å². The van der Waals surface area contributed by atoms with Gasteiger partial charge < -0.3 is 48.0 Å². The van der Waals surface area contributed by atoms with Crippen molar-refractivity contribution in [2.75, 3.05) is 66.8 Å². The van der Waals surface area contributed by atoms with Gasteiger partial charge in [0.25, 0.3) is 11.8 Å². The van der Waals surface area contributed by atoms with Gasteiger partial charge in [-0.3, -0.25) is 9.59 Å². The molecule has 68 heavy (non-hydrogen) atoms. The summed E-state index contributed by atoms with van der Waals surface area (Å²) in [6.45, 7) is 26.0. The van der Waals surface area contributed by atoms with E-state index >= 15 is 0 Å². The van der Waals surface area contributed by atoms with Crippen LogP contribution in [0.2, 0.25) is 0 Å². The number of benzene rings is 2. The first-order chi connectivity index (χ1) is 31.6. The standard InChI is InChI=1S/C28H46N2O5.C24H37BrN2O5.CH4/c1-8-9-12-22-14-15-23(19-25(22)34-18-11-17-33-7)26(31)30(21(2)3)24-13-10-16-29(20-24)27(32)35-28(4,5)6;1-17(2)27(19-9-7-12-26(16-19)23(29)32-24(3,4)5)22(28)18-10-11-20(25)21(15-18)31-14-8-13-30-6;/h14-15,19,21,24H,8-13,16-18,20H2,1-7H3;10-11,15,17,19H,7-9,12-14,16H2,1-6H3;1H4/t24-;19-;/m11./s1. The van der Waals surface area contributed by atoms with Crippen LogP contribution in [0.3, 0.4) is 0 Å². The summed E-state index contributed by atoms with van der Waals surface area (Å²) in [4.78, 5) is 59.8. The first-order valence-electron chi connectivity index (χ1n) is 24.4. The molecule has 2 aromatic carbocycles. The number of likely N-dealkylation sites (tertiary alicyclic amines) is 2. The van der Waals surface area contributed by atoms with Crippen LogP contribution in [0.15, 0.2) is 40.9 Å². The number of carbonyl (C=O) groups excluding carboxylic acids is 4. The molecule has 0 bridgehead atoms. The van der Waals surface area contributed by atoms with E-state index in [2.05, 4.69) is 22.9 Å². The third kappa shape index (κ3) is 19.7. The highest BCUT2D eigenvalue weighted by molar-refractivity contribution is 9.10. The van der Waals surface area contributed by atoms with E-state index in [1.165, 1.54) is 0 Å². The number of piperidine rings is 2. The van der Waals surface area contributed by atoms with Gasteiger partial charge in [0, 0.05) is 89.7 Å². The first kappa shape index (κ1) is 60.0. The SMILES string of the molecule is C.CCCCc1ccc(C(=O)N(C(C)C)[C@@H]2CCCN(C(=O)OC(C)(C)C)C2)cc1OCCCOC.COCCCOc1cc(C(=O)N(C(C)C)[C@@H]2CCCN(C(=O)OC(C)(C)C)C2)ccc1Br. The lowest BCUT2D eigenvalue weighted by molar-refractivity contribution is 0.00724. The van der Waals surface area contributed by atoms with Crippen LogP contribution in [0.25, 0.3) is 0 Å². The van der Waals surface area contributed by atoms with Gasteiger partial charge in [0.2, 0.25) is 0 Å². The Hall–Kier alpha value is -4.08. The molecule has 2 aliphatic rings. The molecule has 4 amide bonds. The lowest BCUT2D eigenvalue weighted by Crippen LogP contribution is -2.54. The molecule has 386 valence electrons. The Bertz CT molecular complexity index is 1860. The number of ether oxygens (including phenoxy) is 6. The van der Waals surface area contributed by atoms with Crippen molar-refractivity contribution < 1.29 is 47.6 Å². The van der Waals surface area contributed by atoms with E-state index < -0.39 is 11.2 Å². The zero-order valence-electron chi connectivity index (χ0n) is 43.0. The van der Waals surface area contributed by atoms with Gasteiger partial charge in [0.05, 0.1) is 29.8 Å². The molecule has 0 saturated carbocycles. The Morgan fingerprint density at radius 2 is 1.09 bits per heavy atom. The Morgan fingerprint density at radius 1 is 0.662 bits per heavy atom. The lowest BCUT2D eigenvalue weighted by Gasteiger charge is -2.41. The van der Waals surface area contributed by atoms with Gasteiger partial charge in [-0.15, -0.1) is 0 Å². The number of hydrogen-bond acceptors (Lipinski definition) is 10. The number of carbonyl (C=O) groups is 4. The van der Waals surface area contributed by atoms with Gasteiger partial charge in [-0.25, -0.2) is 9.59 Å². The van der Waals surface area contributed by atoms with Crippen LogP contribution in [0, 0.1) is 0 Å². The quantitative estimate of drug-likeness (QED) is 0.125. The minimum absolute atomic E-state index is 0. The number of aryl methyl sites for hydroxylation is 1. The summed E-state index contributed by atoms with van der Waals surface area (Å²) in [6.07, 6.45) is 7.38. The third-order valence-electron chi connectivity index (χ3n) is 11.3. The summed E-state index contributed by atoms with van der Waals surface area (Å²) in [5.74, 6) is 1.32. The molecule has 2 heterocycles. The Kier molecular flexibility index (Phi) is 25.8. The molecule has 0 aliphatic carbocycles. The molecule has 0 radical (unpaired) electrons. The van der Waals surface area contributed by atoms with Crippen molar-refractivity contribution in [3.63, 3.8) is 0 Å². The topological polar surface area (TPSA) is 137 Å². The highest BCUT2D eigenvalue weighted by Crippen LogP contribution is 2.30. The summed E-state index contributed by atoms with van der Waals surface area (Å²) in [7, 11) is 3.34. The van der Waals surface area contributed by atoms with E-state index in [4.69, 9.17) is 28.4 Å². The molecule has 14 nitrogen and oxygen atoms in total. The molecular formula is C53H87BrN4O10. The molecule has 2 atom stereocenters. The normalized spacial score (nSPS) is 16.3. The smallest absolute Gasteiger partial charge is 0.410 e. The maximum atomic E-state index is 13.8. The van der Waals surface area contributed by atoms with E-state index in [9.17, 15) is 19.2 Å². The molecule has 0 N–H and O–H groups in total. The van der Waals surface area contributed by atoms with Crippen molar-refractivity contribution in [2.24, 2.45) is 0 Å². The Labute approximate surface area is 418 Å². The molecule has 0 spiro atoms. The number of hydrogen-bond donors (Lipinski definition) is 0. The molecule has 2 aromatic rings. The first-order valence-corrected chi connectivity index (χ1v) is 25.2. The van der Waals surface area contributed by atoms with Crippen molar-refractivity contribution in [3.05, 3.63) is 57.6 Å². The number of rotatable bonds is 19. The van der Waals surface area contributed by atoms with E-state index in [-0.39, 0.29) is 55.6 Å². The zero-order chi connectivity index (χ0) is 49.9. The molecule has 2 aliphatic heterocycles. The predicted molar refractivity (Wildman–Crippen MR) is 274 cm³/mol. The number of halogens is 1. The molecular weight excluding hydrogens is 933 g/mol. The van der Waals surface area contributed by atoms with Crippen LogP contribution >= 0.6 is 15.9 Å². The number of amides is 4. The molecule has 4 rings (SSSR count). The van der Waals surface area contributed by atoms with Crippen molar-refractivity contribution in [1.29, 1.82) is 0 Å². The number of methoxy groups -OCH3 is 2. The van der Waals surface area contributed by atoms with Gasteiger partial charge in [0.1, 0.15) is 22.7 Å². The molecule has 15 heteroatoms. The molecule has 0 aromatic heterocycles. The highest BCUT2D eigenvalue weighted by atomic mass is 79.9. The second-order valence-electron chi connectivity index (χ2n) is 20.0. The molecule has 2 saturated heterocycles. The van der Waals surface area contributed by atoms with Crippen LogP contribution in [0.5, 0.6) is 11.5 Å². The van der Waals surface area contributed by atoms with Crippen molar-refractivity contribution in [1.82, 2.24) is 19.6 Å². The fourth-order valence-electron chi connectivity index (χ4n) is 8.20. The molecule has 2 fully saturated rings. The minimum atomic E-state index is -0.547. The second-order valence-corrected chi connectivity index (χ2v) is 20.9. The second kappa shape index (κ2) is 29.2. The average molecular weight is 1020 g/mol. The van der Waals surface area contributed by atoms with E-state index in [1.807, 2.05) is 103 Å². The monoisotopic (exact) mass is 1020 g/mol. The largest absolute Gasteiger partial charge is 0.493 e. The maximum absolute atomic E-state index is 13.8. The fraction of sp³-hybridized carbons (Fsp3) is 0.698. The van der Waals surface area contributed by atoms with Gasteiger partial charge in [-0.2, -0.15) is 0 Å². The fourth-order valence-corrected chi connectivity index (χ4v) is 8.56. The summed E-state index contributed by atoms with van der Waals surface area (Å²) in [6, 6.07) is 11.1. The van der Waals surface area contributed by atoms with E-state index in [0.717, 1.165) is 73.6 Å². The van der Waals surface area contributed by atoms with Gasteiger partial charge >= 0.3 is 12.2 Å². The van der Waals surface area contributed by atoms with Crippen LogP contribution in [0.4, 0.5) is 9.59 Å². The van der Waals surface area contributed by atoms with Gasteiger partial charge in [-0.05, 0) is 160 Å². The van der Waals surface area contributed by atoms with Gasteiger partial charge in [-0.1, -0.05) is 26.8 Å². The van der Waals surface area contributed by atoms with Crippen LogP contribution in [-0.4, -0.2) is 146 Å². The van der Waals surface area contributed by atoms with Crippen LogP contribution in [0.1, 0.15) is 161 Å². The lowest BCUT2D eigenvalue weighted by atomic mass is 10.00. The van der Waals surface area contributed by atoms with Crippen molar-refractivity contribution >= 4 is 39.9 Å². The van der Waals surface area contributed by atoms with Gasteiger partial charge in [0.15, 0.2) is 0 Å².